The normalized spacial score (nSPS) is 11.8. The first-order valence-electron chi connectivity index (χ1n) is 6.35. The largest absolute Gasteiger partial charge is 0.490 e. The number of benzene rings is 1. The van der Waals surface area contributed by atoms with Crippen LogP contribution in [0.3, 0.4) is 0 Å². The maximum absolute atomic E-state index is 13.8. The predicted octanol–water partition coefficient (Wildman–Crippen LogP) is 2.80. The topological polar surface area (TPSA) is 102 Å². The zero-order chi connectivity index (χ0) is 16.0. The molecule has 1 atom stereocenters. The van der Waals surface area contributed by atoms with Gasteiger partial charge in [0, 0.05) is 18.5 Å². The molecule has 0 aliphatic carbocycles. The van der Waals surface area contributed by atoms with Gasteiger partial charge >= 0.3 is 11.7 Å². The summed E-state index contributed by atoms with van der Waals surface area (Å²) in [6.45, 7) is 1.77. The zero-order valence-electron chi connectivity index (χ0n) is 11.8. The van der Waals surface area contributed by atoms with Crippen molar-refractivity contribution in [3.05, 3.63) is 28.1 Å². The first-order valence-corrected chi connectivity index (χ1v) is 6.35. The number of nitro groups is 1. The van der Waals surface area contributed by atoms with E-state index in [-0.39, 0.29) is 23.9 Å². The number of hydrogen-bond donors (Lipinski definition) is 2. The SMILES string of the molecule is COc1cc(NC(C)CCCC(=O)O)c(F)cc1[N+](=O)[O-]. The summed E-state index contributed by atoms with van der Waals surface area (Å²) >= 11 is 0. The van der Waals surface area contributed by atoms with E-state index in [9.17, 15) is 19.3 Å². The van der Waals surface area contributed by atoms with Crippen LogP contribution in [0.1, 0.15) is 26.2 Å². The highest BCUT2D eigenvalue weighted by molar-refractivity contribution is 5.66. The lowest BCUT2D eigenvalue weighted by atomic mass is 10.1. The fourth-order valence-electron chi connectivity index (χ4n) is 1.86. The van der Waals surface area contributed by atoms with E-state index in [4.69, 9.17) is 9.84 Å². The zero-order valence-corrected chi connectivity index (χ0v) is 11.8. The summed E-state index contributed by atoms with van der Waals surface area (Å²) in [5, 5.41) is 22.2. The summed E-state index contributed by atoms with van der Waals surface area (Å²) in [4.78, 5) is 20.5. The van der Waals surface area contributed by atoms with Gasteiger partial charge in [-0.1, -0.05) is 0 Å². The van der Waals surface area contributed by atoms with E-state index in [1.807, 2.05) is 0 Å². The number of carboxylic acid groups (broad SMARTS) is 1. The Kier molecular flexibility index (Phi) is 5.89. The third-order valence-corrected chi connectivity index (χ3v) is 2.89. The molecule has 0 aliphatic heterocycles. The molecule has 0 saturated carbocycles. The molecular formula is C13H17FN2O5. The third kappa shape index (κ3) is 4.90. The van der Waals surface area contributed by atoms with E-state index < -0.39 is 22.4 Å². The number of nitrogens with zero attached hydrogens (tertiary/aromatic N) is 1. The average molecular weight is 300 g/mol. The Morgan fingerprint density at radius 1 is 1.57 bits per heavy atom. The first-order chi connectivity index (χ1) is 9.85. The molecule has 0 fully saturated rings. The molecule has 21 heavy (non-hydrogen) atoms. The van der Waals surface area contributed by atoms with Gasteiger partial charge in [-0.05, 0) is 19.8 Å². The maximum Gasteiger partial charge on any atom is 0.313 e. The van der Waals surface area contributed by atoms with Gasteiger partial charge < -0.3 is 15.2 Å². The van der Waals surface area contributed by atoms with Gasteiger partial charge in [0.05, 0.1) is 23.8 Å². The second kappa shape index (κ2) is 7.41. The molecule has 2 N–H and O–H groups in total. The number of ether oxygens (including phenoxy) is 1. The number of carboxylic acids is 1. The minimum absolute atomic E-state index is 0.0398. The van der Waals surface area contributed by atoms with Crippen molar-refractivity contribution >= 4 is 17.3 Å². The van der Waals surface area contributed by atoms with Crippen molar-refractivity contribution in [2.75, 3.05) is 12.4 Å². The van der Waals surface area contributed by atoms with Gasteiger partial charge in [-0.3, -0.25) is 14.9 Å². The van der Waals surface area contributed by atoms with Crippen molar-refractivity contribution in [2.24, 2.45) is 0 Å². The Morgan fingerprint density at radius 2 is 2.24 bits per heavy atom. The highest BCUT2D eigenvalue weighted by Gasteiger charge is 2.19. The quantitative estimate of drug-likeness (QED) is 0.565. The minimum atomic E-state index is -0.884. The number of methoxy groups -OCH3 is 1. The van der Waals surface area contributed by atoms with Crippen LogP contribution in [0.25, 0.3) is 0 Å². The summed E-state index contributed by atoms with van der Waals surface area (Å²) in [6, 6.07) is 1.84. The van der Waals surface area contributed by atoms with Gasteiger partial charge in [-0.25, -0.2) is 4.39 Å². The van der Waals surface area contributed by atoms with Crippen LogP contribution < -0.4 is 10.1 Å². The molecule has 1 aromatic rings. The van der Waals surface area contributed by atoms with Gasteiger partial charge in [0.25, 0.3) is 0 Å². The Bertz CT molecular complexity index is 536. The van der Waals surface area contributed by atoms with Crippen molar-refractivity contribution in [3.63, 3.8) is 0 Å². The lowest BCUT2D eigenvalue weighted by Crippen LogP contribution is -2.16. The van der Waals surface area contributed by atoms with Gasteiger partial charge in [-0.15, -0.1) is 0 Å². The third-order valence-electron chi connectivity index (χ3n) is 2.89. The molecule has 0 bridgehead atoms. The van der Waals surface area contributed by atoms with Crippen molar-refractivity contribution in [1.82, 2.24) is 0 Å². The first kappa shape index (κ1) is 16.7. The van der Waals surface area contributed by atoms with E-state index in [1.165, 1.54) is 13.2 Å². The Labute approximate surface area is 120 Å². The molecule has 0 amide bonds. The van der Waals surface area contributed by atoms with E-state index in [2.05, 4.69) is 5.32 Å². The number of nitro benzene ring substituents is 1. The molecule has 0 heterocycles. The van der Waals surface area contributed by atoms with Crippen molar-refractivity contribution in [3.8, 4) is 5.75 Å². The monoisotopic (exact) mass is 300 g/mol. The predicted molar refractivity (Wildman–Crippen MR) is 74.2 cm³/mol. The summed E-state index contributed by atoms with van der Waals surface area (Å²) in [7, 11) is 1.26. The van der Waals surface area contributed by atoms with Crippen LogP contribution in [0.15, 0.2) is 12.1 Å². The maximum atomic E-state index is 13.8. The fraction of sp³-hybridized carbons (Fsp3) is 0.462. The molecule has 0 radical (unpaired) electrons. The van der Waals surface area contributed by atoms with Gasteiger partial charge in [0.2, 0.25) is 0 Å². The van der Waals surface area contributed by atoms with Gasteiger partial charge in [0.15, 0.2) is 11.6 Å². The number of nitrogens with one attached hydrogen (secondary N) is 1. The highest BCUT2D eigenvalue weighted by atomic mass is 19.1. The van der Waals surface area contributed by atoms with Gasteiger partial charge in [-0.2, -0.15) is 0 Å². The van der Waals surface area contributed by atoms with Crippen LogP contribution in [0.4, 0.5) is 15.8 Å². The smallest absolute Gasteiger partial charge is 0.313 e. The molecule has 1 unspecified atom stereocenters. The van der Waals surface area contributed by atoms with Crippen molar-refractivity contribution in [1.29, 1.82) is 0 Å². The highest BCUT2D eigenvalue weighted by Crippen LogP contribution is 2.32. The van der Waals surface area contributed by atoms with Gasteiger partial charge in [0.1, 0.15) is 0 Å². The summed E-state index contributed by atoms with van der Waals surface area (Å²) < 4.78 is 18.7. The average Bonchev–Trinajstić information content (AvgIpc) is 2.39. The molecule has 7 nitrogen and oxygen atoms in total. The van der Waals surface area contributed by atoms with Crippen LogP contribution in [-0.2, 0) is 4.79 Å². The summed E-state index contributed by atoms with van der Waals surface area (Å²) in [5.74, 6) is -1.68. The number of hydrogen-bond acceptors (Lipinski definition) is 5. The van der Waals surface area contributed by atoms with Crippen LogP contribution in [0.5, 0.6) is 5.75 Å². The number of aliphatic carboxylic acids is 1. The number of anilines is 1. The molecule has 8 heteroatoms. The lowest BCUT2D eigenvalue weighted by Gasteiger charge is -2.16. The standard InChI is InChI=1S/C13H17FN2O5/c1-8(4-3-5-13(17)18)15-10-7-12(21-2)11(16(19)20)6-9(10)14/h6-8,15H,3-5H2,1-2H3,(H,17,18). The molecular weight excluding hydrogens is 283 g/mol. The molecule has 0 aromatic heterocycles. The Balaban J connectivity index is 2.79. The number of rotatable bonds is 8. The Hall–Kier alpha value is -2.38. The number of halogens is 1. The lowest BCUT2D eigenvalue weighted by molar-refractivity contribution is -0.385. The molecule has 0 spiro atoms. The van der Waals surface area contributed by atoms with Crippen LogP contribution in [0, 0.1) is 15.9 Å². The van der Waals surface area contributed by atoms with E-state index >= 15 is 0 Å². The molecule has 0 saturated heterocycles. The van der Waals surface area contributed by atoms with E-state index in [1.54, 1.807) is 6.92 Å². The summed E-state index contributed by atoms with van der Waals surface area (Å²) in [6.07, 6.45) is 1.03. The van der Waals surface area contributed by atoms with Crippen molar-refractivity contribution < 1.29 is 24.0 Å². The minimum Gasteiger partial charge on any atom is -0.490 e. The van der Waals surface area contributed by atoms with E-state index in [0.717, 1.165) is 6.07 Å². The van der Waals surface area contributed by atoms with Crippen LogP contribution in [0.2, 0.25) is 0 Å². The molecule has 1 rings (SSSR count). The molecule has 1 aromatic carbocycles. The second-order valence-corrected chi connectivity index (χ2v) is 4.59. The fourth-order valence-corrected chi connectivity index (χ4v) is 1.86. The Morgan fingerprint density at radius 3 is 2.76 bits per heavy atom. The number of carbonyl (C=O) groups is 1. The molecule has 116 valence electrons. The molecule has 0 aliphatic rings. The second-order valence-electron chi connectivity index (χ2n) is 4.59. The van der Waals surface area contributed by atoms with Crippen molar-refractivity contribution in [2.45, 2.75) is 32.2 Å². The van der Waals surface area contributed by atoms with Crippen LogP contribution >= 0.6 is 0 Å². The summed E-state index contributed by atoms with van der Waals surface area (Å²) in [5.41, 5.74) is -0.362. The van der Waals surface area contributed by atoms with E-state index in [0.29, 0.717) is 12.8 Å². The van der Waals surface area contributed by atoms with Crippen LogP contribution in [-0.4, -0.2) is 29.2 Å².